The quantitative estimate of drug-likeness (QED) is 0.499. The van der Waals surface area contributed by atoms with Crippen LogP contribution in [0.5, 0.6) is 0 Å². The van der Waals surface area contributed by atoms with Crippen molar-refractivity contribution >= 4 is 11.6 Å². The molecule has 16 heavy (non-hydrogen) atoms. The molecule has 7 heteroatoms. The van der Waals surface area contributed by atoms with E-state index in [9.17, 15) is 4.79 Å². The Morgan fingerprint density at radius 1 is 1.62 bits per heavy atom. The fourth-order valence-electron chi connectivity index (χ4n) is 1.15. The lowest BCUT2D eigenvalue weighted by Gasteiger charge is -2.25. The van der Waals surface area contributed by atoms with E-state index in [4.69, 9.17) is 15.9 Å². The number of nitrogens with one attached hydrogen (secondary N) is 1. The zero-order valence-electron chi connectivity index (χ0n) is 9.27. The standard InChI is InChI=1S/C9H16N4O3/c1-9(4-14,5-15)11-8(16)7-6(10)3-13(2)12-7/h3,14-15H,4-5,10H2,1-2H3,(H,11,16). The number of rotatable bonds is 4. The number of aliphatic hydroxyl groups is 2. The molecule has 0 aliphatic heterocycles. The maximum Gasteiger partial charge on any atom is 0.274 e. The Bertz CT molecular complexity index is 384. The van der Waals surface area contributed by atoms with Gasteiger partial charge in [-0.2, -0.15) is 5.10 Å². The van der Waals surface area contributed by atoms with Crippen molar-refractivity contribution in [1.82, 2.24) is 15.1 Å². The number of nitrogens with zero attached hydrogens (tertiary/aromatic N) is 2. The lowest BCUT2D eigenvalue weighted by molar-refractivity contribution is 0.0719. The van der Waals surface area contributed by atoms with Gasteiger partial charge in [-0.25, -0.2) is 0 Å². The first-order valence-electron chi connectivity index (χ1n) is 4.75. The van der Waals surface area contributed by atoms with Gasteiger partial charge in [0, 0.05) is 13.2 Å². The topological polar surface area (TPSA) is 113 Å². The van der Waals surface area contributed by atoms with E-state index in [1.54, 1.807) is 7.05 Å². The molecule has 0 aliphatic carbocycles. The maximum absolute atomic E-state index is 11.7. The monoisotopic (exact) mass is 228 g/mol. The van der Waals surface area contributed by atoms with E-state index in [0.717, 1.165) is 0 Å². The molecule has 0 fully saturated rings. The van der Waals surface area contributed by atoms with Gasteiger partial charge in [-0.1, -0.05) is 0 Å². The van der Waals surface area contributed by atoms with Crippen molar-refractivity contribution in [1.29, 1.82) is 0 Å². The maximum atomic E-state index is 11.7. The summed E-state index contributed by atoms with van der Waals surface area (Å²) in [6, 6.07) is 0. The Kier molecular flexibility index (Phi) is 3.51. The number of nitrogen functional groups attached to an aromatic ring is 1. The molecule has 1 amide bonds. The third-order valence-corrected chi connectivity index (χ3v) is 2.19. The Morgan fingerprint density at radius 2 is 2.19 bits per heavy atom. The lowest BCUT2D eigenvalue weighted by Crippen LogP contribution is -2.52. The number of amides is 1. The second kappa shape index (κ2) is 4.50. The van der Waals surface area contributed by atoms with Crippen LogP contribution in [0.25, 0.3) is 0 Å². The molecule has 0 aromatic carbocycles. The highest BCUT2D eigenvalue weighted by molar-refractivity contribution is 5.97. The molecule has 1 rings (SSSR count). The Hall–Kier alpha value is -1.60. The number of carbonyl (C=O) groups is 1. The van der Waals surface area contributed by atoms with Gasteiger partial charge in [0.15, 0.2) is 5.69 Å². The van der Waals surface area contributed by atoms with Gasteiger partial charge in [-0.05, 0) is 6.92 Å². The highest BCUT2D eigenvalue weighted by atomic mass is 16.3. The first-order valence-corrected chi connectivity index (χ1v) is 4.75. The van der Waals surface area contributed by atoms with Crippen molar-refractivity contribution in [2.24, 2.45) is 7.05 Å². The van der Waals surface area contributed by atoms with Crippen LogP contribution in [0, 0.1) is 0 Å². The molecule has 0 aliphatic rings. The number of hydrogen-bond acceptors (Lipinski definition) is 5. The van der Waals surface area contributed by atoms with Crippen LogP contribution in [0.1, 0.15) is 17.4 Å². The third kappa shape index (κ3) is 2.50. The largest absolute Gasteiger partial charge is 0.396 e. The van der Waals surface area contributed by atoms with Crippen molar-refractivity contribution in [3.8, 4) is 0 Å². The summed E-state index contributed by atoms with van der Waals surface area (Å²) in [6.07, 6.45) is 1.50. The van der Waals surface area contributed by atoms with Crippen molar-refractivity contribution in [3.63, 3.8) is 0 Å². The predicted molar refractivity (Wildman–Crippen MR) is 57.7 cm³/mol. The molecule has 5 N–H and O–H groups in total. The van der Waals surface area contributed by atoms with Crippen LogP contribution in [-0.4, -0.2) is 44.7 Å². The molecule has 0 saturated carbocycles. The fourth-order valence-corrected chi connectivity index (χ4v) is 1.15. The number of aliphatic hydroxyl groups excluding tert-OH is 2. The molecule has 0 bridgehead atoms. The van der Waals surface area contributed by atoms with Crippen molar-refractivity contribution < 1.29 is 15.0 Å². The average Bonchev–Trinajstić information content (AvgIpc) is 2.57. The van der Waals surface area contributed by atoms with Crippen molar-refractivity contribution in [2.45, 2.75) is 12.5 Å². The molecule has 1 aromatic rings. The highest BCUT2D eigenvalue weighted by Crippen LogP contribution is 2.10. The van der Waals surface area contributed by atoms with Gasteiger partial charge in [0.25, 0.3) is 5.91 Å². The van der Waals surface area contributed by atoms with Gasteiger partial charge < -0.3 is 21.3 Å². The number of aromatic nitrogens is 2. The van der Waals surface area contributed by atoms with Crippen molar-refractivity contribution in [3.05, 3.63) is 11.9 Å². The van der Waals surface area contributed by atoms with Gasteiger partial charge in [-0.3, -0.25) is 9.48 Å². The zero-order valence-corrected chi connectivity index (χ0v) is 9.27. The summed E-state index contributed by atoms with van der Waals surface area (Å²) in [5, 5.41) is 24.4. The number of anilines is 1. The summed E-state index contributed by atoms with van der Waals surface area (Å²) in [4.78, 5) is 11.7. The first-order chi connectivity index (χ1) is 7.41. The van der Waals surface area contributed by atoms with Gasteiger partial charge in [0.1, 0.15) is 0 Å². The zero-order chi connectivity index (χ0) is 12.3. The van der Waals surface area contributed by atoms with E-state index in [1.165, 1.54) is 17.8 Å². The SMILES string of the molecule is Cn1cc(N)c(C(=O)NC(C)(CO)CO)n1. The van der Waals surface area contributed by atoms with Crippen LogP contribution in [-0.2, 0) is 7.05 Å². The molecule has 0 radical (unpaired) electrons. The van der Waals surface area contributed by atoms with Gasteiger partial charge in [-0.15, -0.1) is 0 Å². The Labute approximate surface area is 92.9 Å². The van der Waals surface area contributed by atoms with E-state index in [1.807, 2.05) is 0 Å². The number of hydrogen-bond donors (Lipinski definition) is 4. The highest BCUT2D eigenvalue weighted by Gasteiger charge is 2.27. The summed E-state index contributed by atoms with van der Waals surface area (Å²) in [6.45, 7) is 0.772. The van der Waals surface area contributed by atoms with Crippen LogP contribution in [0.15, 0.2) is 6.20 Å². The minimum atomic E-state index is -1.08. The molecule has 7 nitrogen and oxygen atoms in total. The minimum Gasteiger partial charge on any atom is -0.396 e. The van der Waals surface area contributed by atoms with Crippen molar-refractivity contribution in [2.75, 3.05) is 18.9 Å². The molecule has 0 saturated heterocycles. The summed E-state index contributed by atoms with van der Waals surface area (Å²) >= 11 is 0. The molecule has 0 atom stereocenters. The smallest absolute Gasteiger partial charge is 0.274 e. The third-order valence-electron chi connectivity index (χ3n) is 2.19. The van der Waals surface area contributed by atoms with Crippen LogP contribution in [0.3, 0.4) is 0 Å². The number of nitrogens with two attached hydrogens (primary N) is 1. The van der Waals surface area contributed by atoms with E-state index in [-0.39, 0.29) is 24.6 Å². The molecule has 0 spiro atoms. The second-order valence-corrected chi connectivity index (χ2v) is 3.94. The predicted octanol–water partition coefficient (Wildman–Crippen LogP) is -1.52. The molecule has 1 heterocycles. The first kappa shape index (κ1) is 12.5. The lowest BCUT2D eigenvalue weighted by atomic mass is 10.1. The number of carbonyl (C=O) groups excluding carboxylic acids is 1. The van der Waals surface area contributed by atoms with Crippen LogP contribution in [0.2, 0.25) is 0 Å². The van der Waals surface area contributed by atoms with E-state index in [2.05, 4.69) is 10.4 Å². The van der Waals surface area contributed by atoms with Crippen LogP contribution < -0.4 is 11.1 Å². The summed E-state index contributed by atoms with van der Waals surface area (Å²) in [5.41, 5.74) is 4.82. The molecular weight excluding hydrogens is 212 g/mol. The second-order valence-electron chi connectivity index (χ2n) is 3.94. The molecular formula is C9H16N4O3. The van der Waals surface area contributed by atoms with Crippen LogP contribution >= 0.6 is 0 Å². The van der Waals surface area contributed by atoms with Crippen LogP contribution in [0.4, 0.5) is 5.69 Å². The summed E-state index contributed by atoms with van der Waals surface area (Å²) in [7, 11) is 1.64. The number of aryl methyl sites for hydroxylation is 1. The van der Waals surface area contributed by atoms with Gasteiger partial charge >= 0.3 is 0 Å². The molecule has 1 aromatic heterocycles. The minimum absolute atomic E-state index is 0.0793. The normalized spacial score (nSPS) is 11.5. The van der Waals surface area contributed by atoms with E-state index < -0.39 is 11.4 Å². The summed E-state index contributed by atoms with van der Waals surface area (Å²) < 4.78 is 1.42. The molecule has 90 valence electrons. The Morgan fingerprint density at radius 3 is 2.56 bits per heavy atom. The average molecular weight is 228 g/mol. The Balaban J connectivity index is 2.84. The van der Waals surface area contributed by atoms with E-state index in [0.29, 0.717) is 0 Å². The summed E-state index contributed by atoms with van der Waals surface area (Å²) in [5.74, 6) is -0.524. The fraction of sp³-hybridized carbons (Fsp3) is 0.556. The van der Waals surface area contributed by atoms with Gasteiger partial charge in [0.2, 0.25) is 0 Å². The van der Waals surface area contributed by atoms with Gasteiger partial charge in [0.05, 0.1) is 24.4 Å². The van der Waals surface area contributed by atoms with E-state index >= 15 is 0 Å². The molecule has 0 unspecified atom stereocenters.